The maximum Gasteiger partial charge on any atom is 0.266 e. The molecule has 0 atom stereocenters. The summed E-state index contributed by atoms with van der Waals surface area (Å²) < 4.78 is 11.4. The summed E-state index contributed by atoms with van der Waals surface area (Å²) in [5, 5.41) is 0.649. The summed E-state index contributed by atoms with van der Waals surface area (Å²) in [4.78, 5) is 19.5. The third-order valence-corrected chi connectivity index (χ3v) is 4.84. The minimum atomic E-state index is -0.0851. The number of amidine groups is 1. The van der Waals surface area contributed by atoms with Crippen LogP contribution >= 0.6 is 34.4 Å². The summed E-state index contributed by atoms with van der Waals surface area (Å²) in [6.45, 7) is 0.910. The first-order valence-corrected chi connectivity index (χ1v) is 9.16. The highest BCUT2D eigenvalue weighted by Gasteiger charge is 2.33. The molecule has 7 heteroatoms. The minimum Gasteiger partial charge on any atom is -0.451 e. The van der Waals surface area contributed by atoms with Gasteiger partial charge < -0.3 is 9.15 Å². The van der Waals surface area contributed by atoms with Gasteiger partial charge in [0.2, 0.25) is 0 Å². The van der Waals surface area contributed by atoms with E-state index in [2.05, 4.69) is 27.6 Å². The molecule has 1 aliphatic heterocycles. The fourth-order valence-corrected chi connectivity index (χ4v) is 3.56. The lowest BCUT2D eigenvalue weighted by Crippen LogP contribution is -2.32. The number of amides is 1. The number of carbonyl (C=O) groups excluding carboxylic acids is 1. The van der Waals surface area contributed by atoms with Gasteiger partial charge in [-0.2, -0.15) is 0 Å². The summed E-state index contributed by atoms with van der Waals surface area (Å²) in [6, 6.07) is 13.3. The molecule has 1 fully saturated rings. The van der Waals surface area contributed by atoms with Gasteiger partial charge in [-0.05, 0) is 58.6 Å². The number of nitrogens with zero attached hydrogens (tertiary/aromatic N) is 2. The lowest BCUT2D eigenvalue weighted by molar-refractivity contribution is -0.122. The highest BCUT2D eigenvalue weighted by atomic mass is 127. The monoisotopic (exact) mass is 454 g/mol. The van der Waals surface area contributed by atoms with Crippen molar-refractivity contribution in [2.45, 2.75) is 0 Å². The fraction of sp³-hybridized carbons (Fsp3) is 0.176. The minimum absolute atomic E-state index is 0.0851. The molecule has 0 unspecified atom stereocenters. The van der Waals surface area contributed by atoms with E-state index in [0.717, 1.165) is 9.45 Å². The van der Waals surface area contributed by atoms with Crippen LogP contribution in [0.2, 0.25) is 0 Å². The number of thioether (sulfide) groups is 1. The average molecular weight is 454 g/mol. The van der Waals surface area contributed by atoms with Crippen LogP contribution in [0.5, 0.6) is 0 Å². The summed E-state index contributed by atoms with van der Waals surface area (Å²) in [5.41, 5.74) is 0.809. The van der Waals surface area contributed by atoms with Crippen molar-refractivity contribution in [3.8, 4) is 0 Å². The number of carbonyl (C=O) groups is 1. The number of benzene rings is 1. The van der Waals surface area contributed by atoms with Crippen molar-refractivity contribution in [3.63, 3.8) is 0 Å². The highest BCUT2D eigenvalue weighted by molar-refractivity contribution is 14.1. The first kappa shape index (κ1) is 17.2. The number of halogens is 1. The van der Waals surface area contributed by atoms with Crippen LogP contribution in [0, 0.1) is 3.77 Å². The Morgan fingerprint density at radius 3 is 2.75 bits per heavy atom. The molecule has 0 N–H and O–H groups in total. The Hall–Kier alpha value is -1.58. The molecule has 1 amide bonds. The van der Waals surface area contributed by atoms with E-state index in [9.17, 15) is 4.79 Å². The summed E-state index contributed by atoms with van der Waals surface area (Å²) >= 11 is 3.44. The van der Waals surface area contributed by atoms with Crippen molar-refractivity contribution in [2.75, 3.05) is 20.3 Å². The Morgan fingerprint density at radius 2 is 2.08 bits per heavy atom. The Morgan fingerprint density at radius 1 is 1.29 bits per heavy atom. The summed E-state index contributed by atoms with van der Waals surface area (Å²) in [6.07, 6.45) is 1.75. The number of methoxy groups -OCH3 is 1. The van der Waals surface area contributed by atoms with Gasteiger partial charge in [-0.25, -0.2) is 4.99 Å². The number of aliphatic imine (C=N–C) groups is 1. The van der Waals surface area contributed by atoms with Crippen LogP contribution < -0.4 is 0 Å². The van der Waals surface area contributed by atoms with Crippen LogP contribution in [-0.4, -0.2) is 36.2 Å². The van der Waals surface area contributed by atoms with Crippen LogP contribution in [0.3, 0.4) is 0 Å². The molecular weight excluding hydrogens is 439 g/mol. The number of rotatable bonds is 5. The third kappa shape index (κ3) is 4.08. The summed E-state index contributed by atoms with van der Waals surface area (Å²) in [5.74, 6) is 0.570. The Labute approximate surface area is 157 Å². The maximum absolute atomic E-state index is 12.7. The molecule has 0 spiro atoms. The lowest BCUT2D eigenvalue weighted by atomic mass is 10.3. The highest BCUT2D eigenvalue weighted by Crippen LogP contribution is 2.34. The molecule has 3 rings (SSSR count). The molecule has 0 aliphatic carbocycles. The molecule has 2 heterocycles. The molecule has 0 saturated carbocycles. The second-order valence-electron chi connectivity index (χ2n) is 4.93. The molecule has 1 aliphatic rings. The van der Waals surface area contributed by atoms with E-state index in [1.165, 1.54) is 11.8 Å². The Bertz CT molecular complexity index is 786. The Kier molecular flexibility index (Phi) is 5.75. The predicted octanol–water partition coefficient (Wildman–Crippen LogP) is 4.13. The van der Waals surface area contributed by atoms with E-state index in [4.69, 9.17) is 9.15 Å². The molecule has 5 nitrogen and oxygen atoms in total. The average Bonchev–Trinajstić information content (AvgIpc) is 3.11. The largest absolute Gasteiger partial charge is 0.451 e. The quantitative estimate of drug-likeness (QED) is 0.504. The van der Waals surface area contributed by atoms with Gasteiger partial charge in [-0.3, -0.25) is 9.69 Å². The topological polar surface area (TPSA) is 55.0 Å². The van der Waals surface area contributed by atoms with Crippen molar-refractivity contribution >= 4 is 57.2 Å². The molecule has 24 heavy (non-hydrogen) atoms. The van der Waals surface area contributed by atoms with Crippen molar-refractivity contribution < 1.29 is 13.9 Å². The SMILES string of the molecule is COCCN1C(=O)/C(=C/c2ccc(I)o2)SC1=Nc1ccccc1. The third-order valence-electron chi connectivity index (χ3n) is 3.26. The van der Waals surface area contributed by atoms with E-state index < -0.39 is 0 Å². The number of para-hydroxylation sites is 1. The zero-order chi connectivity index (χ0) is 16.9. The van der Waals surface area contributed by atoms with E-state index >= 15 is 0 Å². The van der Waals surface area contributed by atoms with E-state index in [1.807, 2.05) is 42.5 Å². The van der Waals surface area contributed by atoms with Crippen molar-refractivity contribution in [1.82, 2.24) is 4.90 Å². The molecule has 2 aromatic rings. The number of hydrogen-bond acceptors (Lipinski definition) is 5. The Balaban J connectivity index is 1.90. The fourth-order valence-electron chi connectivity index (χ4n) is 2.12. The predicted molar refractivity (Wildman–Crippen MR) is 104 cm³/mol. The molecule has 0 bridgehead atoms. The van der Waals surface area contributed by atoms with Gasteiger partial charge in [0.25, 0.3) is 5.91 Å². The van der Waals surface area contributed by atoms with Gasteiger partial charge in [-0.15, -0.1) is 0 Å². The first-order valence-electron chi connectivity index (χ1n) is 7.27. The second kappa shape index (κ2) is 8.00. The van der Waals surface area contributed by atoms with Crippen LogP contribution in [0.15, 0.2) is 56.8 Å². The van der Waals surface area contributed by atoms with Crippen LogP contribution in [-0.2, 0) is 9.53 Å². The zero-order valence-electron chi connectivity index (χ0n) is 12.9. The van der Waals surface area contributed by atoms with E-state index in [1.54, 1.807) is 18.1 Å². The van der Waals surface area contributed by atoms with E-state index in [-0.39, 0.29) is 5.91 Å². The van der Waals surface area contributed by atoms with Gasteiger partial charge in [0, 0.05) is 13.2 Å². The molecule has 1 saturated heterocycles. The maximum atomic E-state index is 12.7. The second-order valence-corrected chi connectivity index (χ2v) is 7.00. The first-order chi connectivity index (χ1) is 11.7. The molecule has 124 valence electrons. The number of furan rings is 1. The van der Waals surface area contributed by atoms with Crippen molar-refractivity contribution in [3.05, 3.63) is 56.9 Å². The van der Waals surface area contributed by atoms with Crippen LogP contribution in [0.1, 0.15) is 5.76 Å². The van der Waals surface area contributed by atoms with Gasteiger partial charge in [0.05, 0.1) is 23.7 Å². The van der Waals surface area contributed by atoms with Gasteiger partial charge in [0.15, 0.2) is 8.93 Å². The van der Waals surface area contributed by atoms with Crippen LogP contribution in [0.4, 0.5) is 5.69 Å². The summed E-state index contributed by atoms with van der Waals surface area (Å²) in [7, 11) is 1.61. The van der Waals surface area contributed by atoms with Crippen molar-refractivity contribution in [2.24, 2.45) is 4.99 Å². The number of hydrogen-bond donors (Lipinski definition) is 0. The van der Waals surface area contributed by atoms with Gasteiger partial charge in [0.1, 0.15) is 5.76 Å². The molecule has 0 radical (unpaired) electrons. The lowest BCUT2D eigenvalue weighted by Gasteiger charge is -2.14. The smallest absolute Gasteiger partial charge is 0.266 e. The molecule has 1 aromatic carbocycles. The zero-order valence-corrected chi connectivity index (χ0v) is 15.9. The standard InChI is InChI=1S/C17H15IN2O3S/c1-22-10-9-20-16(21)14(11-13-7-8-15(18)23-13)24-17(20)19-12-5-3-2-4-6-12/h2-8,11H,9-10H2,1H3/b14-11-,19-17?. The van der Waals surface area contributed by atoms with Gasteiger partial charge >= 0.3 is 0 Å². The number of ether oxygens (including phenoxy) is 1. The van der Waals surface area contributed by atoms with Crippen molar-refractivity contribution in [1.29, 1.82) is 0 Å². The van der Waals surface area contributed by atoms with Gasteiger partial charge in [-0.1, -0.05) is 18.2 Å². The molecular formula is C17H15IN2O3S. The molecule has 1 aromatic heterocycles. The van der Waals surface area contributed by atoms with E-state index in [0.29, 0.717) is 29.0 Å². The van der Waals surface area contributed by atoms with Crippen LogP contribution in [0.25, 0.3) is 6.08 Å². The normalized spacial score (nSPS) is 18.1.